The monoisotopic (exact) mass is 791 g/mol. The van der Waals surface area contributed by atoms with Gasteiger partial charge in [0.15, 0.2) is 0 Å². The molecule has 0 saturated carbocycles. The molecule has 10 aromatic rings. The largest absolute Gasteiger partial charge is 0.248 e. The zero-order valence-electron chi connectivity index (χ0n) is 34.4. The van der Waals surface area contributed by atoms with Crippen LogP contribution in [0.1, 0.15) is 44.5 Å². The lowest BCUT2D eigenvalue weighted by Crippen LogP contribution is -2.31. The van der Waals surface area contributed by atoms with E-state index in [2.05, 4.69) is 273 Å². The summed E-state index contributed by atoms with van der Waals surface area (Å²) in [5.74, 6) is 0. The zero-order chi connectivity index (χ0) is 41.6. The molecule has 0 radical (unpaired) electrons. The first-order valence-electron chi connectivity index (χ1n) is 21.4. The van der Waals surface area contributed by atoms with Gasteiger partial charge in [0.05, 0.1) is 22.2 Å². The molecule has 0 aliphatic carbocycles. The van der Waals surface area contributed by atoms with Gasteiger partial charge < -0.3 is 0 Å². The molecule has 1 heterocycles. The van der Waals surface area contributed by atoms with Crippen molar-refractivity contribution in [2.75, 3.05) is 0 Å². The first-order valence-corrected chi connectivity index (χ1v) is 21.4. The fourth-order valence-corrected chi connectivity index (χ4v) is 9.58. The molecular formula is C61H45N. The van der Waals surface area contributed by atoms with E-state index in [1.807, 2.05) is 0 Å². The van der Waals surface area contributed by atoms with E-state index < -0.39 is 10.8 Å². The number of benzene rings is 9. The Morgan fingerprint density at radius 1 is 0.194 bits per heavy atom. The second-order valence-corrected chi connectivity index (χ2v) is 15.9. The van der Waals surface area contributed by atoms with Crippen molar-refractivity contribution in [1.29, 1.82) is 0 Å². The van der Waals surface area contributed by atoms with Gasteiger partial charge in [0, 0.05) is 11.1 Å². The Labute approximate surface area is 365 Å². The highest BCUT2D eigenvalue weighted by Gasteiger charge is 2.40. The van der Waals surface area contributed by atoms with Gasteiger partial charge in [-0.3, -0.25) is 0 Å². The first-order chi connectivity index (χ1) is 30.7. The molecule has 10 rings (SSSR count). The normalized spacial score (nSPS) is 11.5. The van der Waals surface area contributed by atoms with Crippen LogP contribution in [0.2, 0.25) is 0 Å². The summed E-state index contributed by atoms with van der Waals surface area (Å²) in [6.07, 6.45) is 0. The van der Waals surface area contributed by atoms with Crippen LogP contribution in [0.4, 0.5) is 0 Å². The molecular weight excluding hydrogens is 747 g/mol. The van der Waals surface area contributed by atoms with Crippen LogP contribution in [0.25, 0.3) is 33.6 Å². The lowest BCUT2D eigenvalue weighted by molar-refractivity contribution is 0.745. The van der Waals surface area contributed by atoms with Gasteiger partial charge in [0.25, 0.3) is 0 Å². The van der Waals surface area contributed by atoms with Crippen molar-refractivity contribution >= 4 is 0 Å². The number of hydrogen-bond donors (Lipinski definition) is 0. The van der Waals surface area contributed by atoms with Crippen molar-refractivity contribution < 1.29 is 0 Å². The second-order valence-electron chi connectivity index (χ2n) is 15.9. The third-order valence-electron chi connectivity index (χ3n) is 12.4. The molecule has 0 aliphatic heterocycles. The molecule has 294 valence electrons. The predicted molar refractivity (Wildman–Crippen MR) is 257 cm³/mol. The molecule has 0 atom stereocenters. The molecule has 62 heavy (non-hydrogen) atoms. The fourth-order valence-electron chi connectivity index (χ4n) is 9.58. The van der Waals surface area contributed by atoms with Gasteiger partial charge in [-0.25, -0.2) is 4.98 Å². The lowest BCUT2D eigenvalue weighted by Gasteiger charge is -2.37. The van der Waals surface area contributed by atoms with Crippen molar-refractivity contribution in [2.24, 2.45) is 0 Å². The molecule has 1 heteroatoms. The first kappa shape index (κ1) is 38.3. The van der Waals surface area contributed by atoms with Gasteiger partial charge in [0.2, 0.25) is 0 Å². The third kappa shape index (κ3) is 6.94. The van der Waals surface area contributed by atoms with Crippen LogP contribution in [0.15, 0.2) is 273 Å². The van der Waals surface area contributed by atoms with E-state index in [-0.39, 0.29) is 0 Å². The Morgan fingerprint density at radius 3 is 0.726 bits per heavy atom. The van der Waals surface area contributed by atoms with Crippen molar-refractivity contribution in [1.82, 2.24) is 4.98 Å². The smallest absolute Gasteiger partial charge is 0.0715 e. The van der Waals surface area contributed by atoms with E-state index in [1.54, 1.807) is 0 Å². The summed E-state index contributed by atoms with van der Waals surface area (Å²) in [7, 11) is 0. The minimum absolute atomic E-state index is 0.580. The summed E-state index contributed by atoms with van der Waals surface area (Å²) < 4.78 is 0. The quantitative estimate of drug-likeness (QED) is 0.119. The highest BCUT2D eigenvalue weighted by Crippen LogP contribution is 2.48. The van der Waals surface area contributed by atoms with Crippen LogP contribution in [0, 0.1) is 0 Å². The van der Waals surface area contributed by atoms with Crippen molar-refractivity contribution in [2.45, 2.75) is 10.8 Å². The van der Waals surface area contributed by atoms with Crippen molar-refractivity contribution in [3.63, 3.8) is 0 Å². The van der Waals surface area contributed by atoms with Crippen LogP contribution < -0.4 is 0 Å². The Hall–Kier alpha value is -7.87. The topological polar surface area (TPSA) is 12.9 Å². The van der Waals surface area contributed by atoms with Crippen LogP contribution in [0.3, 0.4) is 0 Å². The van der Waals surface area contributed by atoms with E-state index in [1.165, 1.54) is 44.5 Å². The number of pyridine rings is 1. The lowest BCUT2D eigenvalue weighted by atomic mass is 9.65. The highest BCUT2D eigenvalue weighted by molar-refractivity contribution is 5.78. The predicted octanol–water partition coefficient (Wildman–Crippen LogP) is 14.8. The summed E-state index contributed by atoms with van der Waals surface area (Å²) >= 11 is 0. The zero-order valence-corrected chi connectivity index (χ0v) is 34.4. The Kier molecular flexibility index (Phi) is 10.5. The van der Waals surface area contributed by atoms with Crippen molar-refractivity contribution in [3.05, 3.63) is 317 Å². The summed E-state index contributed by atoms with van der Waals surface area (Å²) in [4.78, 5) is 5.58. The van der Waals surface area contributed by atoms with E-state index in [9.17, 15) is 0 Å². The molecule has 0 N–H and O–H groups in total. The van der Waals surface area contributed by atoms with Gasteiger partial charge in [-0.1, -0.05) is 249 Å². The average molecular weight is 792 g/mol. The molecule has 0 fully saturated rings. The van der Waals surface area contributed by atoms with Gasteiger partial charge in [-0.2, -0.15) is 0 Å². The summed E-state index contributed by atoms with van der Waals surface area (Å²) in [5.41, 5.74) is 14.6. The van der Waals surface area contributed by atoms with Gasteiger partial charge in [-0.15, -0.1) is 0 Å². The van der Waals surface area contributed by atoms with E-state index in [0.717, 1.165) is 33.6 Å². The standard InChI is InChI=1S/C61H45N/c1-8-24-46(25-9-1)49-44-58(47-26-22-40-56(42-47)60(50-28-10-2-11-29-50,51-30-12-3-13-31-51)52-32-14-4-15-33-52)62-59(45-49)48-27-23-41-57(43-48)61(53-34-16-5-17-35-53,54-36-18-6-19-37-54)55-38-20-7-21-39-55/h1-45H. The number of rotatable bonds is 11. The molecule has 0 aliphatic rings. The molecule has 1 aromatic heterocycles. The molecule has 0 saturated heterocycles. The number of hydrogen-bond acceptors (Lipinski definition) is 1. The highest BCUT2D eigenvalue weighted by atomic mass is 14.7. The Bertz CT molecular complexity index is 2640. The molecule has 0 spiro atoms. The number of aromatic nitrogens is 1. The van der Waals surface area contributed by atoms with Crippen LogP contribution >= 0.6 is 0 Å². The van der Waals surface area contributed by atoms with Crippen LogP contribution in [-0.2, 0) is 10.8 Å². The summed E-state index contributed by atoms with van der Waals surface area (Å²) in [6, 6.07) is 98.6. The van der Waals surface area contributed by atoms with Crippen LogP contribution in [-0.4, -0.2) is 4.98 Å². The SMILES string of the molecule is c1ccc(-c2cc(-c3cccc(C(c4ccccc4)(c4ccccc4)c4ccccc4)c3)nc(-c3cccc(C(c4ccccc4)(c4ccccc4)c4ccccc4)c3)c2)cc1. The summed E-state index contributed by atoms with van der Waals surface area (Å²) in [5, 5.41) is 0. The molecule has 0 bridgehead atoms. The Balaban J connectivity index is 1.20. The van der Waals surface area contributed by atoms with Gasteiger partial charge >= 0.3 is 0 Å². The summed E-state index contributed by atoms with van der Waals surface area (Å²) in [6.45, 7) is 0. The maximum Gasteiger partial charge on any atom is 0.0715 e. The molecule has 0 amide bonds. The van der Waals surface area contributed by atoms with Gasteiger partial charge in [-0.05, 0) is 79.9 Å². The average Bonchev–Trinajstić information content (AvgIpc) is 3.37. The maximum absolute atomic E-state index is 5.58. The molecule has 9 aromatic carbocycles. The molecule has 1 nitrogen and oxygen atoms in total. The van der Waals surface area contributed by atoms with Gasteiger partial charge in [0.1, 0.15) is 0 Å². The van der Waals surface area contributed by atoms with E-state index in [0.29, 0.717) is 0 Å². The molecule has 0 unspecified atom stereocenters. The van der Waals surface area contributed by atoms with Crippen LogP contribution in [0.5, 0.6) is 0 Å². The Morgan fingerprint density at radius 2 is 0.435 bits per heavy atom. The third-order valence-corrected chi connectivity index (χ3v) is 12.4. The number of nitrogens with zero attached hydrogens (tertiary/aromatic N) is 1. The van der Waals surface area contributed by atoms with E-state index >= 15 is 0 Å². The minimum Gasteiger partial charge on any atom is -0.248 e. The second kappa shape index (κ2) is 17.0. The van der Waals surface area contributed by atoms with Crippen molar-refractivity contribution in [3.8, 4) is 33.6 Å². The fraction of sp³-hybridized carbons (Fsp3) is 0.0328. The maximum atomic E-state index is 5.58. The van der Waals surface area contributed by atoms with E-state index in [4.69, 9.17) is 4.98 Å². The minimum atomic E-state index is -0.580.